The van der Waals surface area contributed by atoms with Gasteiger partial charge < -0.3 is 9.64 Å². The smallest absolute Gasteiger partial charge is 0.338 e. The van der Waals surface area contributed by atoms with Gasteiger partial charge in [-0.05, 0) is 24.4 Å². The van der Waals surface area contributed by atoms with Gasteiger partial charge in [-0.25, -0.2) is 9.79 Å². The monoisotopic (exact) mass is 553 g/mol. The van der Waals surface area contributed by atoms with Crippen LogP contribution < -0.4 is 19.8 Å². The maximum Gasteiger partial charge on any atom is 0.338 e. The maximum atomic E-state index is 14.2. The standard InChI is InChI=1S/C30H23N3O4S2/c1-3-16-32-20-14-9-8-13-19(20)22(27(32)34)26-28(35)33-25(21-15-10-17-38-21)23(29(36)37-4-2)24(31-30(33)39-26)18-11-6-5-7-12-18/h3,5-15,17,25H,1,4,16H2,2H3/b26-22+/t25-/m0/s1. The Labute approximate surface area is 232 Å². The summed E-state index contributed by atoms with van der Waals surface area (Å²) in [6.45, 7) is 6.03. The number of hydrogen-bond acceptors (Lipinski definition) is 7. The normalized spacial score (nSPS) is 17.5. The topological polar surface area (TPSA) is 81.0 Å². The van der Waals surface area contributed by atoms with Crippen molar-refractivity contribution in [2.24, 2.45) is 4.99 Å². The first-order chi connectivity index (χ1) is 19.0. The van der Waals surface area contributed by atoms with Gasteiger partial charge in [0.2, 0.25) is 0 Å². The molecule has 2 aliphatic heterocycles. The summed E-state index contributed by atoms with van der Waals surface area (Å²) < 4.78 is 7.31. The summed E-state index contributed by atoms with van der Waals surface area (Å²) in [5.74, 6) is -0.794. The van der Waals surface area contributed by atoms with Crippen molar-refractivity contribution in [3.8, 4) is 0 Å². The van der Waals surface area contributed by atoms with Crippen LogP contribution in [0.5, 0.6) is 0 Å². The highest BCUT2D eigenvalue weighted by atomic mass is 32.1. The lowest BCUT2D eigenvalue weighted by molar-refractivity contribution is -0.138. The molecule has 0 saturated heterocycles. The van der Waals surface area contributed by atoms with Gasteiger partial charge in [-0.2, -0.15) is 0 Å². The second kappa shape index (κ2) is 10.1. The molecule has 0 bridgehead atoms. The fraction of sp³-hybridized carbons (Fsp3) is 0.133. The summed E-state index contributed by atoms with van der Waals surface area (Å²) in [7, 11) is 0. The van der Waals surface area contributed by atoms with E-state index in [4.69, 9.17) is 9.73 Å². The number of esters is 1. The number of thiazole rings is 1. The van der Waals surface area contributed by atoms with E-state index in [2.05, 4.69) is 6.58 Å². The van der Waals surface area contributed by atoms with Gasteiger partial charge >= 0.3 is 5.97 Å². The van der Waals surface area contributed by atoms with Crippen LogP contribution in [0.1, 0.15) is 29.0 Å². The summed E-state index contributed by atoms with van der Waals surface area (Å²) in [5.41, 5.74) is 2.87. The molecule has 4 heterocycles. The summed E-state index contributed by atoms with van der Waals surface area (Å²) >= 11 is 2.61. The van der Waals surface area contributed by atoms with E-state index in [1.165, 1.54) is 15.9 Å². The van der Waals surface area contributed by atoms with Crippen LogP contribution in [-0.4, -0.2) is 29.6 Å². The molecule has 2 aliphatic rings. The van der Waals surface area contributed by atoms with Crippen LogP contribution in [0, 0.1) is 0 Å². The molecule has 39 heavy (non-hydrogen) atoms. The van der Waals surface area contributed by atoms with Crippen molar-refractivity contribution >= 4 is 51.5 Å². The minimum atomic E-state index is -0.749. The van der Waals surface area contributed by atoms with E-state index in [0.29, 0.717) is 33.8 Å². The Hall–Kier alpha value is -4.34. The van der Waals surface area contributed by atoms with Crippen LogP contribution in [0.15, 0.2) is 100 Å². The summed E-state index contributed by atoms with van der Waals surface area (Å²) in [5, 5.41) is 1.91. The number of benzene rings is 2. The first-order valence-corrected chi connectivity index (χ1v) is 14.1. The van der Waals surface area contributed by atoms with E-state index in [-0.39, 0.29) is 22.6 Å². The molecule has 1 amide bonds. The Kier molecular flexibility index (Phi) is 6.46. The van der Waals surface area contributed by atoms with Crippen LogP contribution in [0.2, 0.25) is 0 Å². The molecule has 2 aromatic carbocycles. The van der Waals surface area contributed by atoms with Gasteiger partial charge in [0, 0.05) is 22.5 Å². The predicted octanol–water partition coefficient (Wildman–Crippen LogP) is 3.90. The largest absolute Gasteiger partial charge is 0.463 e. The van der Waals surface area contributed by atoms with E-state index in [1.807, 2.05) is 72.1 Å². The summed E-state index contributed by atoms with van der Waals surface area (Å²) in [4.78, 5) is 49.1. The number of para-hydroxylation sites is 1. The van der Waals surface area contributed by atoms with Crippen molar-refractivity contribution in [2.75, 3.05) is 18.1 Å². The predicted molar refractivity (Wildman–Crippen MR) is 153 cm³/mol. The Bertz CT molecular complexity index is 1830. The van der Waals surface area contributed by atoms with Crippen LogP contribution in [0.4, 0.5) is 5.69 Å². The second-order valence-corrected chi connectivity index (χ2v) is 10.8. The van der Waals surface area contributed by atoms with E-state index in [1.54, 1.807) is 17.9 Å². The molecule has 0 N–H and O–H groups in total. The minimum absolute atomic E-state index is 0.181. The number of amides is 1. The third-order valence-electron chi connectivity index (χ3n) is 6.62. The molecule has 0 fully saturated rings. The third-order valence-corrected chi connectivity index (χ3v) is 8.60. The number of fused-ring (bicyclic) bond motifs is 2. The summed E-state index contributed by atoms with van der Waals surface area (Å²) in [6, 6.07) is 19.8. The Morgan fingerprint density at radius 3 is 2.56 bits per heavy atom. The van der Waals surface area contributed by atoms with Crippen LogP contribution in [-0.2, 0) is 14.3 Å². The van der Waals surface area contributed by atoms with Crippen LogP contribution >= 0.6 is 22.7 Å². The Morgan fingerprint density at radius 2 is 1.85 bits per heavy atom. The first kappa shape index (κ1) is 25.0. The zero-order valence-electron chi connectivity index (χ0n) is 21.0. The number of ether oxygens (including phenoxy) is 1. The van der Waals surface area contributed by atoms with Crippen molar-refractivity contribution in [1.29, 1.82) is 0 Å². The molecule has 0 spiro atoms. The second-order valence-electron chi connectivity index (χ2n) is 8.86. The molecule has 2 aromatic heterocycles. The molecular weight excluding hydrogens is 530 g/mol. The Balaban J connectivity index is 1.70. The molecule has 0 radical (unpaired) electrons. The average molecular weight is 554 g/mol. The molecule has 6 rings (SSSR count). The highest BCUT2D eigenvalue weighted by Gasteiger charge is 2.38. The van der Waals surface area contributed by atoms with E-state index in [0.717, 1.165) is 27.5 Å². The van der Waals surface area contributed by atoms with E-state index >= 15 is 0 Å². The van der Waals surface area contributed by atoms with Gasteiger partial charge in [-0.15, -0.1) is 17.9 Å². The van der Waals surface area contributed by atoms with Gasteiger partial charge in [0.25, 0.3) is 11.5 Å². The van der Waals surface area contributed by atoms with Gasteiger partial charge in [-0.1, -0.05) is 72.0 Å². The molecule has 1 atom stereocenters. The van der Waals surface area contributed by atoms with Gasteiger partial charge in [0.05, 0.1) is 29.1 Å². The van der Waals surface area contributed by atoms with Gasteiger partial charge in [0.15, 0.2) is 4.80 Å². The van der Waals surface area contributed by atoms with Crippen molar-refractivity contribution in [3.63, 3.8) is 0 Å². The zero-order valence-corrected chi connectivity index (χ0v) is 22.6. The number of thiophene rings is 1. The number of anilines is 1. The fourth-order valence-corrected chi connectivity index (χ4v) is 6.93. The fourth-order valence-electron chi connectivity index (χ4n) is 5.02. The molecule has 0 unspecified atom stereocenters. The molecule has 4 aromatic rings. The zero-order chi connectivity index (χ0) is 27.1. The highest BCUT2D eigenvalue weighted by molar-refractivity contribution is 7.10. The number of aromatic nitrogens is 1. The molecule has 0 saturated carbocycles. The van der Waals surface area contributed by atoms with Crippen molar-refractivity contribution in [1.82, 2.24) is 4.57 Å². The third kappa shape index (κ3) is 4.02. The molecule has 9 heteroatoms. The molecule has 194 valence electrons. The van der Waals surface area contributed by atoms with E-state index in [9.17, 15) is 14.4 Å². The van der Waals surface area contributed by atoms with Crippen molar-refractivity contribution in [3.05, 3.63) is 126 Å². The van der Waals surface area contributed by atoms with Crippen molar-refractivity contribution < 1.29 is 14.3 Å². The number of hydrogen-bond donors (Lipinski definition) is 0. The van der Waals surface area contributed by atoms with Crippen LogP contribution in [0.25, 0.3) is 11.3 Å². The number of nitrogens with zero attached hydrogens (tertiary/aromatic N) is 3. The average Bonchev–Trinajstić information content (AvgIpc) is 3.66. The summed E-state index contributed by atoms with van der Waals surface area (Å²) in [6.07, 6.45) is 1.66. The van der Waals surface area contributed by atoms with Gasteiger partial charge in [-0.3, -0.25) is 14.2 Å². The minimum Gasteiger partial charge on any atom is -0.463 e. The van der Waals surface area contributed by atoms with Crippen LogP contribution in [0.3, 0.4) is 0 Å². The van der Waals surface area contributed by atoms with E-state index < -0.39 is 12.0 Å². The first-order valence-electron chi connectivity index (χ1n) is 12.4. The van der Waals surface area contributed by atoms with Crippen molar-refractivity contribution in [2.45, 2.75) is 13.0 Å². The lowest BCUT2D eigenvalue weighted by atomic mass is 9.97. The number of carbonyl (C=O) groups is 2. The molecule has 0 aliphatic carbocycles. The lowest BCUT2D eigenvalue weighted by Crippen LogP contribution is -2.40. The Morgan fingerprint density at radius 1 is 1.08 bits per heavy atom. The SMILES string of the molecule is C=CCN1C(=O)/C(=c2/sc3n(c2=O)[C@@H](c2cccs2)C(C(=O)OCC)=C(c2ccccc2)N=3)c2ccccc21. The van der Waals surface area contributed by atoms with Gasteiger partial charge in [0.1, 0.15) is 10.6 Å². The highest BCUT2D eigenvalue weighted by Crippen LogP contribution is 2.38. The lowest BCUT2D eigenvalue weighted by Gasteiger charge is -2.24. The number of rotatable bonds is 6. The maximum absolute atomic E-state index is 14.2. The molecular formula is C30H23N3O4S2. The molecule has 7 nitrogen and oxygen atoms in total. The quantitative estimate of drug-likeness (QED) is 0.268. The number of carbonyl (C=O) groups excluding carboxylic acids is 2.